The van der Waals surface area contributed by atoms with E-state index in [-0.39, 0.29) is 6.03 Å². The number of morpholine rings is 1. The van der Waals surface area contributed by atoms with Gasteiger partial charge < -0.3 is 15.0 Å². The molecule has 1 saturated heterocycles. The van der Waals surface area contributed by atoms with E-state index < -0.39 is 0 Å². The van der Waals surface area contributed by atoms with Crippen LogP contribution in [0.15, 0.2) is 0 Å². The number of carbonyl (C=O) groups excluding carboxylic acids is 1. The van der Waals surface area contributed by atoms with Crippen LogP contribution in [0.3, 0.4) is 0 Å². The first kappa shape index (κ1) is 18.3. The molecule has 0 aromatic heterocycles. The van der Waals surface area contributed by atoms with E-state index in [0.717, 1.165) is 26.1 Å². The molecule has 0 radical (unpaired) electrons. The second kappa shape index (κ2) is 12.9. The first-order valence-corrected chi connectivity index (χ1v) is 8.95. The highest BCUT2D eigenvalue weighted by Gasteiger charge is 2.15. The average molecular weight is 298 g/mol. The van der Waals surface area contributed by atoms with Gasteiger partial charge in [0.1, 0.15) is 0 Å². The molecule has 21 heavy (non-hydrogen) atoms. The van der Waals surface area contributed by atoms with Gasteiger partial charge in [0.15, 0.2) is 0 Å². The second-order valence-electron chi connectivity index (χ2n) is 6.01. The SMILES string of the molecule is CCCCCCCCCCCCNC(=O)N1CCOCC1. The van der Waals surface area contributed by atoms with Crippen LogP contribution in [0.1, 0.15) is 71.1 Å². The van der Waals surface area contributed by atoms with Crippen molar-refractivity contribution in [1.29, 1.82) is 0 Å². The molecule has 1 aliphatic heterocycles. The fraction of sp³-hybridized carbons (Fsp3) is 0.941. The first-order chi connectivity index (χ1) is 10.3. The second-order valence-corrected chi connectivity index (χ2v) is 6.01. The Balaban J connectivity index is 1.80. The van der Waals surface area contributed by atoms with Gasteiger partial charge in [0.25, 0.3) is 0 Å². The molecule has 4 heteroatoms. The summed E-state index contributed by atoms with van der Waals surface area (Å²) >= 11 is 0. The number of carbonyl (C=O) groups is 1. The minimum Gasteiger partial charge on any atom is -0.378 e. The van der Waals surface area contributed by atoms with E-state index in [0.29, 0.717) is 13.2 Å². The third-order valence-electron chi connectivity index (χ3n) is 4.10. The number of unbranched alkanes of at least 4 members (excludes halogenated alkanes) is 9. The lowest BCUT2D eigenvalue weighted by Gasteiger charge is -2.26. The Hall–Kier alpha value is -0.770. The number of rotatable bonds is 11. The molecule has 2 amide bonds. The van der Waals surface area contributed by atoms with Gasteiger partial charge in [-0.2, -0.15) is 0 Å². The van der Waals surface area contributed by atoms with Gasteiger partial charge in [-0.25, -0.2) is 4.79 Å². The normalized spacial score (nSPS) is 15.2. The quantitative estimate of drug-likeness (QED) is 0.587. The Morgan fingerprint density at radius 1 is 0.905 bits per heavy atom. The molecule has 0 aromatic rings. The molecule has 0 atom stereocenters. The summed E-state index contributed by atoms with van der Waals surface area (Å²) in [7, 11) is 0. The maximum Gasteiger partial charge on any atom is 0.317 e. The van der Waals surface area contributed by atoms with Crippen LogP contribution < -0.4 is 5.32 Å². The zero-order valence-corrected chi connectivity index (χ0v) is 13.9. The van der Waals surface area contributed by atoms with Gasteiger partial charge in [-0.15, -0.1) is 0 Å². The summed E-state index contributed by atoms with van der Waals surface area (Å²) in [5.74, 6) is 0. The van der Waals surface area contributed by atoms with Crippen molar-refractivity contribution >= 4 is 6.03 Å². The summed E-state index contributed by atoms with van der Waals surface area (Å²) in [6.45, 7) is 5.87. The minimum atomic E-state index is 0.0780. The lowest BCUT2D eigenvalue weighted by atomic mass is 10.1. The summed E-state index contributed by atoms with van der Waals surface area (Å²) in [5, 5.41) is 3.01. The lowest BCUT2D eigenvalue weighted by Crippen LogP contribution is -2.46. The molecule has 1 fully saturated rings. The molecule has 1 rings (SSSR count). The van der Waals surface area contributed by atoms with Gasteiger partial charge in [0.05, 0.1) is 13.2 Å². The molecule has 0 spiro atoms. The number of hydrogen-bond donors (Lipinski definition) is 1. The van der Waals surface area contributed by atoms with Crippen molar-refractivity contribution in [2.75, 3.05) is 32.8 Å². The molecule has 0 unspecified atom stereocenters. The molecule has 1 N–H and O–H groups in total. The Morgan fingerprint density at radius 3 is 2.00 bits per heavy atom. The highest BCUT2D eigenvalue weighted by Crippen LogP contribution is 2.10. The van der Waals surface area contributed by atoms with E-state index in [1.54, 1.807) is 0 Å². The maximum absolute atomic E-state index is 11.8. The topological polar surface area (TPSA) is 41.6 Å². The number of amides is 2. The fourth-order valence-corrected chi connectivity index (χ4v) is 2.69. The van der Waals surface area contributed by atoms with Gasteiger partial charge in [-0.3, -0.25) is 0 Å². The van der Waals surface area contributed by atoms with Crippen molar-refractivity contribution in [2.24, 2.45) is 0 Å². The monoisotopic (exact) mass is 298 g/mol. The molecule has 0 aromatic carbocycles. The predicted molar refractivity (Wildman–Crippen MR) is 87.6 cm³/mol. The van der Waals surface area contributed by atoms with E-state index in [1.807, 2.05) is 4.90 Å². The van der Waals surface area contributed by atoms with Crippen LogP contribution in [0.2, 0.25) is 0 Å². The van der Waals surface area contributed by atoms with E-state index in [2.05, 4.69) is 12.2 Å². The van der Waals surface area contributed by atoms with Crippen molar-refractivity contribution in [1.82, 2.24) is 10.2 Å². The smallest absolute Gasteiger partial charge is 0.317 e. The van der Waals surface area contributed by atoms with Crippen LogP contribution >= 0.6 is 0 Å². The molecular formula is C17H34N2O2. The summed E-state index contributed by atoms with van der Waals surface area (Å²) in [5.41, 5.74) is 0. The molecular weight excluding hydrogens is 264 g/mol. The molecule has 1 heterocycles. The van der Waals surface area contributed by atoms with Crippen LogP contribution in [-0.4, -0.2) is 43.8 Å². The third kappa shape index (κ3) is 9.72. The fourth-order valence-electron chi connectivity index (χ4n) is 2.69. The van der Waals surface area contributed by atoms with E-state index in [9.17, 15) is 4.79 Å². The Kier molecular flexibility index (Phi) is 11.3. The predicted octanol–water partition coefficient (Wildman–Crippen LogP) is 3.95. The van der Waals surface area contributed by atoms with Crippen molar-refractivity contribution in [2.45, 2.75) is 71.1 Å². The van der Waals surface area contributed by atoms with Crippen molar-refractivity contribution in [3.63, 3.8) is 0 Å². The van der Waals surface area contributed by atoms with Crippen LogP contribution in [0.5, 0.6) is 0 Å². The number of nitrogens with one attached hydrogen (secondary N) is 1. The van der Waals surface area contributed by atoms with Crippen LogP contribution in [0.4, 0.5) is 4.79 Å². The molecule has 0 bridgehead atoms. The minimum absolute atomic E-state index is 0.0780. The van der Waals surface area contributed by atoms with Gasteiger partial charge in [0, 0.05) is 19.6 Å². The van der Waals surface area contributed by atoms with E-state index >= 15 is 0 Å². The summed E-state index contributed by atoms with van der Waals surface area (Å²) < 4.78 is 5.24. The molecule has 0 aliphatic carbocycles. The molecule has 0 saturated carbocycles. The van der Waals surface area contributed by atoms with E-state index in [1.165, 1.54) is 57.8 Å². The van der Waals surface area contributed by atoms with Gasteiger partial charge in [0.2, 0.25) is 0 Å². The molecule has 4 nitrogen and oxygen atoms in total. The van der Waals surface area contributed by atoms with Crippen molar-refractivity contribution < 1.29 is 9.53 Å². The van der Waals surface area contributed by atoms with Crippen molar-refractivity contribution in [3.05, 3.63) is 0 Å². The summed E-state index contributed by atoms with van der Waals surface area (Å²) in [6, 6.07) is 0.0780. The summed E-state index contributed by atoms with van der Waals surface area (Å²) in [4.78, 5) is 13.7. The third-order valence-corrected chi connectivity index (χ3v) is 4.10. The average Bonchev–Trinajstić information content (AvgIpc) is 2.53. The van der Waals surface area contributed by atoms with Crippen LogP contribution in [0, 0.1) is 0 Å². The van der Waals surface area contributed by atoms with E-state index in [4.69, 9.17) is 4.74 Å². The number of hydrogen-bond acceptors (Lipinski definition) is 2. The largest absolute Gasteiger partial charge is 0.378 e. The highest BCUT2D eigenvalue weighted by molar-refractivity contribution is 5.74. The maximum atomic E-state index is 11.8. The standard InChI is InChI=1S/C17H34N2O2/c1-2-3-4-5-6-7-8-9-10-11-12-18-17(20)19-13-15-21-16-14-19/h2-16H2,1H3,(H,18,20). The lowest BCUT2D eigenvalue weighted by molar-refractivity contribution is 0.0532. The van der Waals surface area contributed by atoms with Crippen LogP contribution in [0.25, 0.3) is 0 Å². The zero-order valence-electron chi connectivity index (χ0n) is 13.9. The Bertz CT molecular complexity index is 253. The number of urea groups is 1. The zero-order chi connectivity index (χ0) is 15.2. The Morgan fingerprint density at radius 2 is 1.43 bits per heavy atom. The number of ether oxygens (including phenoxy) is 1. The Labute approximate surface area is 130 Å². The van der Waals surface area contributed by atoms with Crippen LogP contribution in [-0.2, 0) is 4.74 Å². The number of nitrogens with zero attached hydrogens (tertiary/aromatic N) is 1. The molecule has 1 aliphatic rings. The van der Waals surface area contributed by atoms with Crippen molar-refractivity contribution in [3.8, 4) is 0 Å². The highest BCUT2D eigenvalue weighted by atomic mass is 16.5. The summed E-state index contributed by atoms with van der Waals surface area (Å²) in [6.07, 6.45) is 13.3. The van der Waals surface area contributed by atoms with Gasteiger partial charge in [-0.05, 0) is 6.42 Å². The van der Waals surface area contributed by atoms with Gasteiger partial charge >= 0.3 is 6.03 Å². The van der Waals surface area contributed by atoms with Gasteiger partial charge in [-0.1, -0.05) is 64.7 Å². The first-order valence-electron chi connectivity index (χ1n) is 8.95. The molecule has 124 valence electrons.